The minimum absolute atomic E-state index is 0.406. The van der Waals surface area contributed by atoms with Gasteiger partial charge in [0.05, 0.1) is 0 Å². The van der Waals surface area contributed by atoms with E-state index in [0.717, 1.165) is 0 Å². The normalized spacial score (nSPS) is 18.0. The van der Waals surface area contributed by atoms with Crippen LogP contribution < -0.4 is 0 Å². The van der Waals surface area contributed by atoms with Crippen molar-refractivity contribution in [3.8, 4) is 0 Å². The Labute approximate surface area is 108 Å². The highest BCUT2D eigenvalue weighted by molar-refractivity contribution is 5.12. The molecule has 0 aromatic carbocycles. The lowest BCUT2D eigenvalue weighted by atomic mass is 9.89. The standard InChI is InChI=1S/C8H6F12O/c1-2-21-6(14,4(11,12)3(9)10)5(13,7(15,16)17)8(18,19)20/h3H,2H2,1H3. The average molecular weight is 346 g/mol. The monoisotopic (exact) mass is 346 g/mol. The second-order valence-corrected chi connectivity index (χ2v) is 3.61. The van der Waals surface area contributed by atoms with Gasteiger partial charge in [0, 0.05) is 6.61 Å². The summed E-state index contributed by atoms with van der Waals surface area (Å²) < 4.78 is 153. The van der Waals surface area contributed by atoms with Crippen LogP contribution in [0.5, 0.6) is 0 Å². The summed E-state index contributed by atoms with van der Waals surface area (Å²) in [5.41, 5.74) is -7.37. The van der Waals surface area contributed by atoms with Gasteiger partial charge in [-0.2, -0.15) is 35.1 Å². The van der Waals surface area contributed by atoms with Gasteiger partial charge in [-0.05, 0) is 6.92 Å². The van der Waals surface area contributed by atoms with Crippen molar-refractivity contribution in [2.75, 3.05) is 6.61 Å². The zero-order valence-electron chi connectivity index (χ0n) is 9.73. The molecule has 0 N–H and O–H groups in total. The molecular formula is C8H6F12O. The Hall–Kier alpha value is -0.880. The Morgan fingerprint density at radius 1 is 0.762 bits per heavy atom. The minimum Gasteiger partial charge on any atom is -0.338 e. The second kappa shape index (κ2) is 5.39. The van der Waals surface area contributed by atoms with Crippen molar-refractivity contribution in [3.63, 3.8) is 0 Å². The van der Waals surface area contributed by atoms with Gasteiger partial charge < -0.3 is 4.74 Å². The molecule has 0 aromatic heterocycles. The molecule has 0 radical (unpaired) electrons. The van der Waals surface area contributed by atoms with Crippen molar-refractivity contribution in [2.45, 2.75) is 43.1 Å². The lowest BCUT2D eigenvalue weighted by Crippen LogP contribution is -2.74. The van der Waals surface area contributed by atoms with Gasteiger partial charge >= 0.3 is 36.2 Å². The molecule has 0 aliphatic heterocycles. The van der Waals surface area contributed by atoms with E-state index in [-0.39, 0.29) is 0 Å². The number of halogens is 12. The Kier molecular flexibility index (Phi) is 5.17. The summed E-state index contributed by atoms with van der Waals surface area (Å²) >= 11 is 0. The maximum Gasteiger partial charge on any atom is 0.437 e. The number of rotatable bonds is 5. The predicted octanol–water partition coefficient (Wildman–Crippen LogP) is 4.42. The van der Waals surface area contributed by atoms with E-state index in [9.17, 15) is 52.7 Å². The molecule has 0 amide bonds. The molecule has 0 aliphatic carbocycles. The van der Waals surface area contributed by atoms with Crippen molar-refractivity contribution >= 4 is 0 Å². The Balaban J connectivity index is 6.51. The van der Waals surface area contributed by atoms with E-state index in [1.807, 2.05) is 0 Å². The minimum atomic E-state index is -7.37. The summed E-state index contributed by atoms with van der Waals surface area (Å²) in [5.74, 6) is -13.4. The first kappa shape index (κ1) is 20.1. The number of hydrogen-bond acceptors (Lipinski definition) is 1. The molecule has 1 unspecified atom stereocenters. The van der Waals surface area contributed by atoms with Gasteiger partial charge in [0.25, 0.3) is 0 Å². The molecule has 13 heteroatoms. The molecule has 0 rings (SSSR count). The Morgan fingerprint density at radius 3 is 1.29 bits per heavy atom. The summed E-state index contributed by atoms with van der Waals surface area (Å²) in [6.45, 7) is -1.26. The number of hydrogen-bond donors (Lipinski definition) is 0. The third-order valence-corrected chi connectivity index (χ3v) is 2.27. The molecular weight excluding hydrogens is 340 g/mol. The Morgan fingerprint density at radius 2 is 1.10 bits per heavy atom. The van der Waals surface area contributed by atoms with Crippen LogP contribution in [-0.4, -0.2) is 42.8 Å². The van der Waals surface area contributed by atoms with Gasteiger partial charge in [0.1, 0.15) is 0 Å². The maximum atomic E-state index is 13.6. The largest absolute Gasteiger partial charge is 0.437 e. The molecule has 128 valence electrons. The molecule has 1 atom stereocenters. The first-order chi connectivity index (χ1) is 9.00. The van der Waals surface area contributed by atoms with E-state index < -0.39 is 42.8 Å². The fourth-order valence-electron chi connectivity index (χ4n) is 1.29. The third kappa shape index (κ3) is 2.75. The highest BCUT2D eigenvalue weighted by Gasteiger charge is 2.91. The SMILES string of the molecule is CCOC(F)(C(F)(F)C(F)F)C(F)(C(F)(F)F)C(F)(F)F. The number of alkyl halides is 12. The van der Waals surface area contributed by atoms with Crippen LogP contribution in [0.15, 0.2) is 0 Å². The quantitative estimate of drug-likeness (QED) is 0.670. The van der Waals surface area contributed by atoms with Gasteiger partial charge in [-0.3, -0.25) is 0 Å². The first-order valence-corrected chi connectivity index (χ1v) is 4.81. The van der Waals surface area contributed by atoms with Crippen LogP contribution in [0, 0.1) is 0 Å². The first-order valence-electron chi connectivity index (χ1n) is 4.81. The van der Waals surface area contributed by atoms with E-state index in [0.29, 0.717) is 6.92 Å². The molecule has 0 aromatic rings. The summed E-state index contributed by atoms with van der Waals surface area (Å²) in [6, 6.07) is 0. The van der Waals surface area contributed by atoms with Crippen molar-refractivity contribution in [1.82, 2.24) is 0 Å². The summed E-state index contributed by atoms with van der Waals surface area (Å²) in [4.78, 5) is 0. The van der Waals surface area contributed by atoms with Crippen LogP contribution in [0.1, 0.15) is 6.92 Å². The van der Waals surface area contributed by atoms with Gasteiger partial charge in [0.2, 0.25) is 0 Å². The molecule has 0 fully saturated rings. The topological polar surface area (TPSA) is 9.23 Å². The highest BCUT2D eigenvalue weighted by atomic mass is 19.4. The smallest absolute Gasteiger partial charge is 0.338 e. The molecule has 0 bridgehead atoms. The van der Waals surface area contributed by atoms with Crippen molar-refractivity contribution in [1.29, 1.82) is 0 Å². The summed E-state index contributed by atoms with van der Waals surface area (Å²) in [6.07, 6.45) is -20.1. The molecule has 0 saturated heterocycles. The van der Waals surface area contributed by atoms with Crippen LogP contribution in [0.25, 0.3) is 0 Å². The average Bonchev–Trinajstić information content (AvgIpc) is 2.24. The fraction of sp³-hybridized carbons (Fsp3) is 1.00. The lowest BCUT2D eigenvalue weighted by molar-refractivity contribution is -0.460. The van der Waals surface area contributed by atoms with E-state index in [1.165, 1.54) is 0 Å². The van der Waals surface area contributed by atoms with Crippen LogP contribution in [0.4, 0.5) is 52.7 Å². The Bertz CT molecular complexity index is 343. The summed E-state index contributed by atoms with van der Waals surface area (Å²) in [5, 5.41) is 0. The zero-order chi connectivity index (χ0) is 17.5. The zero-order valence-corrected chi connectivity index (χ0v) is 9.73. The van der Waals surface area contributed by atoms with Crippen molar-refractivity contribution in [2.24, 2.45) is 0 Å². The molecule has 0 aliphatic rings. The summed E-state index contributed by atoms with van der Waals surface area (Å²) in [7, 11) is 0. The molecule has 1 nitrogen and oxygen atoms in total. The van der Waals surface area contributed by atoms with Gasteiger partial charge in [-0.1, -0.05) is 0 Å². The third-order valence-electron chi connectivity index (χ3n) is 2.27. The lowest BCUT2D eigenvalue weighted by Gasteiger charge is -2.43. The van der Waals surface area contributed by atoms with Gasteiger partial charge in [-0.15, -0.1) is 0 Å². The van der Waals surface area contributed by atoms with Crippen LogP contribution in [0.3, 0.4) is 0 Å². The maximum absolute atomic E-state index is 13.6. The van der Waals surface area contributed by atoms with E-state index in [4.69, 9.17) is 0 Å². The van der Waals surface area contributed by atoms with E-state index in [2.05, 4.69) is 4.74 Å². The molecule has 0 heterocycles. The van der Waals surface area contributed by atoms with Crippen LogP contribution in [-0.2, 0) is 4.74 Å². The van der Waals surface area contributed by atoms with E-state index >= 15 is 0 Å². The number of ether oxygens (including phenoxy) is 1. The van der Waals surface area contributed by atoms with Crippen molar-refractivity contribution < 1.29 is 57.4 Å². The fourth-order valence-corrected chi connectivity index (χ4v) is 1.29. The molecule has 0 saturated carbocycles. The second-order valence-electron chi connectivity index (χ2n) is 3.61. The van der Waals surface area contributed by atoms with Gasteiger partial charge in [0.15, 0.2) is 0 Å². The molecule has 0 spiro atoms. The van der Waals surface area contributed by atoms with Crippen LogP contribution >= 0.6 is 0 Å². The van der Waals surface area contributed by atoms with Crippen molar-refractivity contribution in [3.05, 3.63) is 0 Å². The predicted molar refractivity (Wildman–Crippen MR) is 42.4 cm³/mol. The van der Waals surface area contributed by atoms with E-state index in [1.54, 1.807) is 0 Å². The molecule has 21 heavy (non-hydrogen) atoms. The highest BCUT2D eigenvalue weighted by Crippen LogP contribution is 2.59. The van der Waals surface area contributed by atoms with Crippen LogP contribution in [0.2, 0.25) is 0 Å². The van der Waals surface area contributed by atoms with Gasteiger partial charge in [-0.25, -0.2) is 17.6 Å².